The van der Waals surface area contributed by atoms with E-state index in [4.69, 9.17) is 0 Å². The first-order valence-corrected chi connectivity index (χ1v) is 8.92. The minimum absolute atomic E-state index is 0.181. The summed E-state index contributed by atoms with van der Waals surface area (Å²) >= 11 is 2.83. The third-order valence-electron chi connectivity index (χ3n) is 3.06. The molecule has 9 heteroatoms. The van der Waals surface area contributed by atoms with Crippen LogP contribution >= 0.6 is 23.1 Å². The van der Waals surface area contributed by atoms with E-state index in [0.717, 1.165) is 11.5 Å². The fraction of sp³-hybridized carbons (Fsp3) is 0.200. The van der Waals surface area contributed by atoms with Gasteiger partial charge in [-0.15, -0.1) is 16.4 Å². The Morgan fingerprint density at radius 1 is 1.33 bits per heavy atom. The molecule has 0 aliphatic heterocycles. The molecule has 0 saturated carbocycles. The number of amides is 1. The van der Waals surface area contributed by atoms with Crippen molar-refractivity contribution >= 4 is 39.8 Å². The van der Waals surface area contributed by atoms with Crippen molar-refractivity contribution in [2.24, 2.45) is 0 Å². The lowest BCUT2D eigenvalue weighted by atomic mass is 10.3. The number of carbonyl (C=O) groups is 1. The highest BCUT2D eigenvalue weighted by atomic mass is 32.2. The van der Waals surface area contributed by atoms with Crippen LogP contribution < -0.4 is 4.90 Å². The molecule has 0 unspecified atom stereocenters. The molecule has 0 spiro atoms. The first-order chi connectivity index (χ1) is 11.5. The topological polar surface area (TPSA) is 74.8 Å². The Bertz CT molecular complexity index is 846. The second kappa shape index (κ2) is 7.10. The van der Waals surface area contributed by atoms with E-state index in [1.54, 1.807) is 12.1 Å². The van der Waals surface area contributed by atoms with E-state index in [9.17, 15) is 9.18 Å². The SMILES string of the molecule is CC(=O)N(c1ccc(F)cc1)c1nc(CSc2n[nH]c(C)n2)cs1. The summed E-state index contributed by atoms with van der Waals surface area (Å²) < 4.78 is 13.1. The number of carbonyl (C=O) groups excluding carboxylic acids is 1. The van der Waals surface area contributed by atoms with E-state index in [1.165, 1.54) is 47.1 Å². The summed E-state index contributed by atoms with van der Waals surface area (Å²) in [7, 11) is 0. The highest BCUT2D eigenvalue weighted by Gasteiger charge is 2.18. The maximum Gasteiger partial charge on any atom is 0.230 e. The first-order valence-electron chi connectivity index (χ1n) is 7.05. The molecule has 24 heavy (non-hydrogen) atoms. The van der Waals surface area contributed by atoms with Crippen LogP contribution in [0.5, 0.6) is 0 Å². The predicted molar refractivity (Wildman–Crippen MR) is 92.0 cm³/mol. The van der Waals surface area contributed by atoms with Crippen LogP contribution in [0, 0.1) is 12.7 Å². The van der Waals surface area contributed by atoms with Gasteiger partial charge in [0.05, 0.1) is 11.4 Å². The number of anilines is 2. The first kappa shape index (κ1) is 16.6. The molecule has 124 valence electrons. The van der Waals surface area contributed by atoms with Crippen LogP contribution in [0.4, 0.5) is 15.2 Å². The van der Waals surface area contributed by atoms with Crippen LogP contribution in [0.25, 0.3) is 0 Å². The van der Waals surface area contributed by atoms with Crippen LogP contribution in [-0.2, 0) is 10.5 Å². The molecule has 0 atom stereocenters. The second-order valence-corrected chi connectivity index (χ2v) is 6.72. The number of thiazole rings is 1. The molecule has 0 bridgehead atoms. The number of rotatable bonds is 5. The van der Waals surface area contributed by atoms with Crippen molar-refractivity contribution in [1.29, 1.82) is 0 Å². The number of aromatic amines is 1. The molecule has 0 saturated heterocycles. The summed E-state index contributed by atoms with van der Waals surface area (Å²) in [5, 5.41) is 9.94. The van der Waals surface area contributed by atoms with Crippen LogP contribution in [-0.4, -0.2) is 26.1 Å². The Morgan fingerprint density at radius 3 is 2.71 bits per heavy atom. The van der Waals surface area contributed by atoms with Gasteiger partial charge in [-0.05, 0) is 31.2 Å². The van der Waals surface area contributed by atoms with Gasteiger partial charge < -0.3 is 0 Å². The van der Waals surface area contributed by atoms with E-state index in [-0.39, 0.29) is 11.7 Å². The van der Waals surface area contributed by atoms with Crippen LogP contribution in [0.1, 0.15) is 18.4 Å². The van der Waals surface area contributed by atoms with Crippen molar-refractivity contribution in [1.82, 2.24) is 20.2 Å². The fourth-order valence-electron chi connectivity index (χ4n) is 2.01. The number of halogens is 1. The predicted octanol–water partition coefficient (Wildman–Crippen LogP) is 3.69. The number of H-pyrrole nitrogens is 1. The highest BCUT2D eigenvalue weighted by molar-refractivity contribution is 7.98. The third-order valence-corrected chi connectivity index (χ3v) is 4.81. The van der Waals surface area contributed by atoms with Crippen LogP contribution in [0.3, 0.4) is 0 Å². The van der Waals surface area contributed by atoms with Gasteiger partial charge in [-0.25, -0.2) is 14.4 Å². The molecule has 0 aliphatic rings. The van der Waals surface area contributed by atoms with Crippen molar-refractivity contribution < 1.29 is 9.18 Å². The zero-order valence-electron chi connectivity index (χ0n) is 13.0. The Balaban J connectivity index is 1.76. The third kappa shape index (κ3) is 3.80. The van der Waals surface area contributed by atoms with Gasteiger partial charge in [0.1, 0.15) is 11.6 Å². The lowest BCUT2D eigenvalue weighted by Crippen LogP contribution is -2.22. The molecule has 0 radical (unpaired) electrons. The van der Waals surface area contributed by atoms with Crippen molar-refractivity contribution in [3.8, 4) is 0 Å². The Hall–Kier alpha value is -2.26. The van der Waals surface area contributed by atoms with Gasteiger partial charge in [0, 0.05) is 18.1 Å². The number of aryl methyl sites for hydroxylation is 1. The zero-order valence-corrected chi connectivity index (χ0v) is 14.6. The highest BCUT2D eigenvalue weighted by Crippen LogP contribution is 2.30. The Morgan fingerprint density at radius 2 is 2.08 bits per heavy atom. The largest absolute Gasteiger partial charge is 0.274 e. The van der Waals surface area contributed by atoms with Crippen molar-refractivity contribution in [2.45, 2.75) is 24.8 Å². The van der Waals surface area contributed by atoms with E-state index in [0.29, 0.717) is 21.7 Å². The Kier molecular flexibility index (Phi) is 4.91. The number of thioether (sulfide) groups is 1. The van der Waals surface area contributed by atoms with Gasteiger partial charge in [-0.2, -0.15) is 0 Å². The maximum absolute atomic E-state index is 13.1. The average molecular weight is 363 g/mol. The minimum Gasteiger partial charge on any atom is -0.274 e. The molecule has 6 nitrogen and oxygen atoms in total. The Labute approximate surface area is 146 Å². The summed E-state index contributed by atoms with van der Waals surface area (Å²) in [5.74, 6) is 0.832. The standard InChI is InChI=1S/C15H14FN5OS2/c1-9-17-14(20-19-9)23-7-12-8-24-15(18-12)21(10(2)22)13-5-3-11(16)4-6-13/h3-6,8H,7H2,1-2H3,(H,17,19,20). The minimum atomic E-state index is -0.347. The summed E-state index contributed by atoms with van der Waals surface area (Å²) in [5.41, 5.74) is 1.41. The van der Waals surface area contributed by atoms with Crippen molar-refractivity contribution in [2.75, 3.05) is 4.90 Å². The molecule has 1 aromatic carbocycles. The average Bonchev–Trinajstić information content (AvgIpc) is 3.16. The van der Waals surface area contributed by atoms with E-state index >= 15 is 0 Å². The zero-order chi connectivity index (χ0) is 17.1. The van der Waals surface area contributed by atoms with E-state index < -0.39 is 0 Å². The fourth-order valence-corrected chi connectivity index (χ4v) is 3.74. The number of benzene rings is 1. The lowest BCUT2D eigenvalue weighted by molar-refractivity contribution is -0.115. The van der Waals surface area contributed by atoms with Gasteiger partial charge in [-0.1, -0.05) is 11.8 Å². The molecule has 1 amide bonds. The number of aromatic nitrogens is 4. The monoisotopic (exact) mass is 363 g/mol. The number of nitrogens with zero attached hydrogens (tertiary/aromatic N) is 4. The molecule has 0 aliphatic carbocycles. The number of hydrogen-bond donors (Lipinski definition) is 1. The normalized spacial score (nSPS) is 10.8. The molecule has 0 fully saturated rings. The second-order valence-electron chi connectivity index (χ2n) is 4.94. The van der Waals surface area contributed by atoms with Crippen LogP contribution in [0.15, 0.2) is 34.8 Å². The van der Waals surface area contributed by atoms with Crippen molar-refractivity contribution in [3.63, 3.8) is 0 Å². The maximum atomic E-state index is 13.1. The van der Waals surface area contributed by atoms with Gasteiger partial charge >= 0.3 is 0 Å². The van der Waals surface area contributed by atoms with E-state index in [2.05, 4.69) is 20.2 Å². The van der Waals surface area contributed by atoms with Gasteiger partial charge in [-0.3, -0.25) is 14.8 Å². The van der Waals surface area contributed by atoms with Gasteiger partial charge in [0.15, 0.2) is 5.13 Å². The molecule has 2 aromatic heterocycles. The summed E-state index contributed by atoms with van der Waals surface area (Å²) in [6.45, 7) is 3.29. The smallest absolute Gasteiger partial charge is 0.230 e. The molecule has 3 aromatic rings. The van der Waals surface area contributed by atoms with Crippen molar-refractivity contribution in [3.05, 3.63) is 47.0 Å². The summed E-state index contributed by atoms with van der Waals surface area (Å²) in [6.07, 6.45) is 0. The number of nitrogens with one attached hydrogen (secondary N) is 1. The van der Waals surface area contributed by atoms with Gasteiger partial charge in [0.2, 0.25) is 11.1 Å². The lowest BCUT2D eigenvalue weighted by Gasteiger charge is -2.17. The summed E-state index contributed by atoms with van der Waals surface area (Å²) in [4.78, 5) is 22.2. The summed E-state index contributed by atoms with van der Waals surface area (Å²) in [6, 6.07) is 5.76. The number of hydrogen-bond acceptors (Lipinski definition) is 6. The van der Waals surface area contributed by atoms with Gasteiger partial charge in [0.25, 0.3) is 0 Å². The molecule has 1 N–H and O–H groups in total. The molecule has 3 rings (SSSR count). The quantitative estimate of drug-likeness (QED) is 0.700. The molecular weight excluding hydrogens is 349 g/mol. The van der Waals surface area contributed by atoms with E-state index in [1.807, 2.05) is 12.3 Å². The molecule has 2 heterocycles. The molecular formula is C15H14FN5OS2. The van der Waals surface area contributed by atoms with Crippen LogP contribution in [0.2, 0.25) is 0 Å².